The summed E-state index contributed by atoms with van der Waals surface area (Å²) in [5.41, 5.74) is 0.400. The first-order chi connectivity index (χ1) is 9.74. The number of hydrogen-bond donors (Lipinski definition) is 1. The number of esters is 1. The van der Waals surface area contributed by atoms with Crippen molar-refractivity contribution in [3.63, 3.8) is 0 Å². The van der Waals surface area contributed by atoms with Gasteiger partial charge in [0.15, 0.2) is 0 Å². The van der Waals surface area contributed by atoms with E-state index in [0.717, 1.165) is 17.8 Å². The van der Waals surface area contributed by atoms with Crippen molar-refractivity contribution in [2.45, 2.75) is 37.7 Å². The fraction of sp³-hybridized carbons (Fsp3) is 0.375. The van der Waals surface area contributed by atoms with Crippen LogP contribution in [0.2, 0.25) is 0 Å². The predicted molar refractivity (Wildman–Crippen MR) is 75.2 cm³/mol. The van der Waals surface area contributed by atoms with E-state index in [9.17, 15) is 4.79 Å². The Labute approximate surface area is 118 Å². The summed E-state index contributed by atoms with van der Waals surface area (Å²) in [4.78, 5) is 19.9. The molecule has 0 bridgehead atoms. The molecule has 4 nitrogen and oxygen atoms in total. The van der Waals surface area contributed by atoms with Crippen LogP contribution >= 0.6 is 0 Å². The van der Waals surface area contributed by atoms with Gasteiger partial charge >= 0.3 is 5.97 Å². The van der Waals surface area contributed by atoms with Gasteiger partial charge in [-0.15, -0.1) is 0 Å². The maximum absolute atomic E-state index is 12.5. The van der Waals surface area contributed by atoms with Crippen LogP contribution in [0.5, 0.6) is 0 Å². The fourth-order valence-corrected chi connectivity index (χ4v) is 2.93. The van der Waals surface area contributed by atoms with E-state index in [0.29, 0.717) is 12.8 Å². The summed E-state index contributed by atoms with van der Waals surface area (Å²) < 4.78 is 5.55. The summed E-state index contributed by atoms with van der Waals surface area (Å²) >= 11 is 0. The number of nitrogens with one attached hydrogen (secondary N) is 1. The zero-order valence-corrected chi connectivity index (χ0v) is 11.5. The number of imidazole rings is 1. The molecule has 0 saturated carbocycles. The summed E-state index contributed by atoms with van der Waals surface area (Å²) in [6.45, 7) is 2.05. The molecular formula is C16H18N2O2. The van der Waals surface area contributed by atoms with Gasteiger partial charge < -0.3 is 9.72 Å². The van der Waals surface area contributed by atoms with Gasteiger partial charge in [-0.05, 0) is 12.0 Å². The highest BCUT2D eigenvalue weighted by Crippen LogP contribution is 2.40. The summed E-state index contributed by atoms with van der Waals surface area (Å²) in [7, 11) is 0. The molecule has 1 N–H and O–H groups in total. The molecule has 0 aliphatic carbocycles. The molecule has 2 atom stereocenters. The first-order valence-corrected chi connectivity index (χ1v) is 6.99. The van der Waals surface area contributed by atoms with Gasteiger partial charge in [-0.25, -0.2) is 4.98 Å². The molecule has 3 rings (SSSR count). The lowest BCUT2D eigenvalue weighted by molar-refractivity contribution is -0.145. The minimum absolute atomic E-state index is 0.00216. The molecule has 4 heteroatoms. The highest BCUT2D eigenvalue weighted by Gasteiger charge is 2.50. The van der Waals surface area contributed by atoms with Crippen molar-refractivity contribution in [3.05, 3.63) is 54.1 Å². The van der Waals surface area contributed by atoms with Crippen molar-refractivity contribution in [3.8, 4) is 0 Å². The highest BCUT2D eigenvalue weighted by atomic mass is 16.6. The van der Waals surface area contributed by atoms with Crippen LogP contribution in [0, 0.1) is 0 Å². The largest absolute Gasteiger partial charge is 0.462 e. The van der Waals surface area contributed by atoms with E-state index in [1.807, 2.05) is 37.3 Å². The molecule has 1 saturated heterocycles. The van der Waals surface area contributed by atoms with E-state index in [1.165, 1.54) is 0 Å². The minimum atomic E-state index is -0.611. The number of hydrogen-bond acceptors (Lipinski definition) is 3. The third-order valence-electron chi connectivity index (χ3n) is 4.05. The molecule has 104 valence electrons. The Morgan fingerprint density at radius 2 is 2.20 bits per heavy atom. The van der Waals surface area contributed by atoms with Crippen molar-refractivity contribution in [2.75, 3.05) is 0 Å². The number of carbonyl (C=O) groups is 1. The number of carbonyl (C=O) groups excluding carboxylic acids is 1. The average molecular weight is 270 g/mol. The van der Waals surface area contributed by atoms with Gasteiger partial charge in [0.05, 0.1) is 0 Å². The normalized spacial score (nSPS) is 25.6. The lowest BCUT2D eigenvalue weighted by atomic mass is 9.75. The molecule has 0 amide bonds. The minimum Gasteiger partial charge on any atom is -0.462 e. The maximum atomic E-state index is 12.5. The first kappa shape index (κ1) is 12.9. The molecule has 20 heavy (non-hydrogen) atoms. The van der Waals surface area contributed by atoms with Gasteiger partial charge in [0.25, 0.3) is 0 Å². The zero-order valence-electron chi connectivity index (χ0n) is 11.5. The van der Waals surface area contributed by atoms with Crippen molar-refractivity contribution in [1.82, 2.24) is 9.97 Å². The number of benzene rings is 1. The molecule has 2 unspecified atom stereocenters. The van der Waals surface area contributed by atoms with E-state index in [4.69, 9.17) is 4.74 Å². The summed E-state index contributed by atoms with van der Waals surface area (Å²) in [5, 5.41) is 0. The van der Waals surface area contributed by atoms with Crippen LogP contribution in [0.4, 0.5) is 0 Å². The van der Waals surface area contributed by atoms with E-state index in [2.05, 4.69) is 9.97 Å². The van der Waals surface area contributed by atoms with Gasteiger partial charge in [0.1, 0.15) is 17.3 Å². The van der Waals surface area contributed by atoms with Crippen LogP contribution in [-0.2, 0) is 21.4 Å². The number of aromatic nitrogens is 2. The van der Waals surface area contributed by atoms with Crippen molar-refractivity contribution < 1.29 is 9.53 Å². The third kappa shape index (κ3) is 2.11. The van der Waals surface area contributed by atoms with Gasteiger partial charge in [-0.2, -0.15) is 0 Å². The Morgan fingerprint density at radius 3 is 2.80 bits per heavy atom. The quantitative estimate of drug-likeness (QED) is 0.869. The number of ether oxygens (including phenoxy) is 1. The van der Waals surface area contributed by atoms with Crippen LogP contribution in [0.1, 0.15) is 31.2 Å². The molecule has 1 aliphatic heterocycles. The van der Waals surface area contributed by atoms with Gasteiger partial charge in [-0.3, -0.25) is 4.79 Å². The molecule has 0 radical (unpaired) electrons. The molecule has 2 heterocycles. The van der Waals surface area contributed by atoms with Crippen LogP contribution in [-0.4, -0.2) is 22.0 Å². The van der Waals surface area contributed by atoms with Crippen molar-refractivity contribution in [1.29, 1.82) is 0 Å². The Bertz CT molecular complexity index is 580. The Kier molecular flexibility index (Phi) is 3.30. The molecule has 1 aliphatic rings. The summed E-state index contributed by atoms with van der Waals surface area (Å²) in [5.74, 6) is 0.689. The van der Waals surface area contributed by atoms with Gasteiger partial charge in [0, 0.05) is 25.2 Å². The number of aromatic amines is 1. The average Bonchev–Trinajstić information content (AvgIpc) is 3.09. The number of H-pyrrole nitrogens is 1. The van der Waals surface area contributed by atoms with Crippen molar-refractivity contribution in [2.24, 2.45) is 0 Å². The van der Waals surface area contributed by atoms with Crippen LogP contribution in [0.3, 0.4) is 0 Å². The second-order valence-corrected chi connectivity index (χ2v) is 5.30. The van der Waals surface area contributed by atoms with Gasteiger partial charge in [-0.1, -0.05) is 37.3 Å². The van der Waals surface area contributed by atoms with E-state index < -0.39 is 5.41 Å². The lowest BCUT2D eigenvalue weighted by Crippen LogP contribution is -2.34. The van der Waals surface area contributed by atoms with Crippen LogP contribution in [0.25, 0.3) is 0 Å². The standard InChI is InChI=1S/C16H18N2O2/c1-2-13-10-16(15(19)20-13,11-14-17-8-9-18-14)12-6-4-3-5-7-12/h3-9,13H,2,10-11H2,1H3,(H,17,18). The Morgan fingerprint density at radius 1 is 1.40 bits per heavy atom. The SMILES string of the molecule is CCC1CC(Cc2ncc[nH]2)(c2ccccc2)C(=O)O1. The molecular weight excluding hydrogens is 252 g/mol. The molecule has 0 spiro atoms. The summed E-state index contributed by atoms with van der Waals surface area (Å²) in [6.07, 6.45) is 5.61. The monoisotopic (exact) mass is 270 g/mol. The van der Waals surface area contributed by atoms with Crippen LogP contribution in [0.15, 0.2) is 42.7 Å². The van der Waals surface area contributed by atoms with Crippen LogP contribution < -0.4 is 0 Å². The Balaban J connectivity index is 2.01. The maximum Gasteiger partial charge on any atom is 0.317 e. The Hall–Kier alpha value is -2.10. The zero-order chi connectivity index (χ0) is 14.0. The fourth-order valence-electron chi connectivity index (χ4n) is 2.93. The second-order valence-electron chi connectivity index (χ2n) is 5.30. The molecule has 1 aromatic heterocycles. The highest BCUT2D eigenvalue weighted by molar-refractivity contribution is 5.85. The topological polar surface area (TPSA) is 55.0 Å². The number of cyclic esters (lactones) is 1. The van der Waals surface area contributed by atoms with E-state index in [-0.39, 0.29) is 12.1 Å². The van der Waals surface area contributed by atoms with Gasteiger partial charge in [0.2, 0.25) is 0 Å². The summed E-state index contributed by atoms with van der Waals surface area (Å²) in [6, 6.07) is 9.89. The predicted octanol–water partition coefficient (Wildman–Crippen LogP) is 2.62. The smallest absolute Gasteiger partial charge is 0.317 e. The third-order valence-corrected chi connectivity index (χ3v) is 4.05. The number of nitrogens with zero attached hydrogens (tertiary/aromatic N) is 1. The van der Waals surface area contributed by atoms with Crippen molar-refractivity contribution >= 4 is 5.97 Å². The van der Waals surface area contributed by atoms with E-state index >= 15 is 0 Å². The molecule has 2 aromatic rings. The van der Waals surface area contributed by atoms with E-state index in [1.54, 1.807) is 12.4 Å². The number of rotatable bonds is 4. The first-order valence-electron chi connectivity index (χ1n) is 6.99. The lowest BCUT2D eigenvalue weighted by Gasteiger charge is -2.24. The molecule has 1 fully saturated rings. The molecule has 1 aromatic carbocycles. The second kappa shape index (κ2) is 5.12.